The minimum absolute atomic E-state index is 0.0498. The van der Waals surface area contributed by atoms with Crippen LogP contribution < -0.4 is 5.32 Å². The van der Waals surface area contributed by atoms with E-state index in [1.807, 2.05) is 36.4 Å². The molecular weight excluding hydrogens is 367 g/mol. The Balaban J connectivity index is 1.76. The van der Waals surface area contributed by atoms with E-state index in [0.717, 1.165) is 16.9 Å². The summed E-state index contributed by atoms with van der Waals surface area (Å²) in [6.45, 7) is 1.46. The van der Waals surface area contributed by atoms with Gasteiger partial charge in [-0.2, -0.15) is 5.10 Å². The number of hydrogen-bond donors (Lipinski definition) is 1. The maximum Gasteiger partial charge on any atom is 0.221 e. The van der Waals surface area contributed by atoms with Crippen molar-refractivity contribution in [3.63, 3.8) is 0 Å². The van der Waals surface area contributed by atoms with Gasteiger partial charge in [-0.3, -0.25) is 4.79 Å². The van der Waals surface area contributed by atoms with Gasteiger partial charge in [0.2, 0.25) is 5.91 Å². The zero-order chi connectivity index (χ0) is 19.0. The maximum atomic E-state index is 13.4. The van der Waals surface area contributed by atoms with Crippen LogP contribution in [0.15, 0.2) is 60.8 Å². The zero-order valence-corrected chi connectivity index (χ0v) is 15.0. The summed E-state index contributed by atoms with van der Waals surface area (Å²) < 4.78 is 15.1. The lowest BCUT2D eigenvalue weighted by molar-refractivity contribution is -0.114. The first kappa shape index (κ1) is 17.2. The first-order valence-electron chi connectivity index (χ1n) is 8.19. The number of nitrogens with zero attached hydrogens (tertiary/aromatic N) is 3. The van der Waals surface area contributed by atoms with Crippen molar-refractivity contribution in [1.29, 1.82) is 0 Å². The molecule has 4 rings (SSSR count). The summed E-state index contributed by atoms with van der Waals surface area (Å²) >= 11 is 5.89. The van der Waals surface area contributed by atoms with E-state index in [1.54, 1.807) is 22.8 Å². The lowest BCUT2D eigenvalue weighted by atomic mass is 10.1. The van der Waals surface area contributed by atoms with Gasteiger partial charge >= 0.3 is 0 Å². The molecule has 0 unspecified atom stereocenters. The molecule has 27 heavy (non-hydrogen) atoms. The van der Waals surface area contributed by atoms with E-state index in [4.69, 9.17) is 11.6 Å². The molecule has 2 aromatic heterocycles. The van der Waals surface area contributed by atoms with Gasteiger partial charge in [-0.1, -0.05) is 23.7 Å². The molecule has 0 saturated carbocycles. The van der Waals surface area contributed by atoms with Crippen molar-refractivity contribution in [2.45, 2.75) is 6.92 Å². The largest absolute Gasteiger partial charge is 0.326 e. The van der Waals surface area contributed by atoms with Gasteiger partial charge in [0, 0.05) is 23.7 Å². The molecule has 2 aromatic carbocycles. The second-order valence-corrected chi connectivity index (χ2v) is 6.43. The van der Waals surface area contributed by atoms with Gasteiger partial charge < -0.3 is 5.32 Å². The molecule has 1 N–H and O–H groups in total. The molecule has 1 amide bonds. The average molecular weight is 381 g/mol. The molecule has 0 saturated heterocycles. The number of rotatable bonds is 3. The Kier molecular flexibility index (Phi) is 4.33. The molecule has 0 radical (unpaired) electrons. The van der Waals surface area contributed by atoms with Gasteiger partial charge in [0.1, 0.15) is 5.82 Å². The highest BCUT2D eigenvalue weighted by molar-refractivity contribution is 6.31. The number of fused-ring (bicyclic) bond motifs is 1. The van der Waals surface area contributed by atoms with Crippen molar-refractivity contribution in [2.75, 3.05) is 5.32 Å². The molecular formula is C20H14ClFN4O. The minimum Gasteiger partial charge on any atom is -0.326 e. The van der Waals surface area contributed by atoms with E-state index in [9.17, 15) is 9.18 Å². The summed E-state index contributed by atoms with van der Waals surface area (Å²) in [4.78, 5) is 15.5. The molecule has 4 aromatic rings. The molecule has 7 heteroatoms. The van der Waals surface area contributed by atoms with Crippen molar-refractivity contribution < 1.29 is 9.18 Å². The number of nitrogens with one attached hydrogen (secondary N) is 1. The Labute approximate surface area is 159 Å². The summed E-state index contributed by atoms with van der Waals surface area (Å²) in [5.74, 6) is -0.592. The third-order valence-electron chi connectivity index (χ3n) is 4.08. The van der Waals surface area contributed by atoms with Crippen LogP contribution in [0.3, 0.4) is 0 Å². The fraction of sp³-hybridized carbons (Fsp3) is 0.0500. The third kappa shape index (κ3) is 3.39. The Morgan fingerprint density at radius 1 is 1.07 bits per heavy atom. The topological polar surface area (TPSA) is 59.3 Å². The van der Waals surface area contributed by atoms with Crippen molar-refractivity contribution in [1.82, 2.24) is 14.6 Å². The van der Waals surface area contributed by atoms with Crippen LogP contribution in [0.5, 0.6) is 0 Å². The highest BCUT2D eigenvalue weighted by Crippen LogP contribution is 2.26. The van der Waals surface area contributed by atoms with Gasteiger partial charge in [0.15, 0.2) is 5.65 Å². The van der Waals surface area contributed by atoms with E-state index >= 15 is 0 Å². The number of halogens is 2. The fourth-order valence-corrected chi connectivity index (χ4v) is 2.99. The predicted molar refractivity (Wildman–Crippen MR) is 103 cm³/mol. The Morgan fingerprint density at radius 2 is 1.81 bits per heavy atom. The average Bonchev–Trinajstić information content (AvgIpc) is 3.07. The number of anilines is 1. The molecule has 0 spiro atoms. The van der Waals surface area contributed by atoms with E-state index in [0.29, 0.717) is 16.9 Å². The predicted octanol–water partition coefficient (Wildman–Crippen LogP) is 4.81. The Hall–Kier alpha value is -3.25. The lowest BCUT2D eigenvalue weighted by Gasteiger charge is -2.07. The number of carbonyl (C=O) groups excluding carboxylic acids is 1. The molecule has 2 heterocycles. The van der Waals surface area contributed by atoms with Crippen molar-refractivity contribution in [3.8, 4) is 22.5 Å². The number of benzene rings is 2. The summed E-state index contributed by atoms with van der Waals surface area (Å²) in [6.07, 6.45) is 1.73. The molecule has 5 nitrogen and oxygen atoms in total. The van der Waals surface area contributed by atoms with Crippen molar-refractivity contribution >= 4 is 28.8 Å². The summed E-state index contributed by atoms with van der Waals surface area (Å²) in [5.41, 5.74) is 4.47. The maximum absolute atomic E-state index is 13.4. The first-order chi connectivity index (χ1) is 13.0. The summed E-state index contributed by atoms with van der Waals surface area (Å²) in [7, 11) is 0. The highest BCUT2D eigenvalue weighted by Gasteiger charge is 2.10. The van der Waals surface area contributed by atoms with Crippen LogP contribution in [0, 0.1) is 5.82 Å². The molecule has 0 bridgehead atoms. The van der Waals surface area contributed by atoms with Gasteiger partial charge in [0.05, 0.1) is 22.6 Å². The summed E-state index contributed by atoms with van der Waals surface area (Å²) in [6, 6.07) is 15.6. The monoisotopic (exact) mass is 380 g/mol. The molecule has 0 aliphatic heterocycles. The van der Waals surface area contributed by atoms with Crippen LogP contribution in [0.4, 0.5) is 10.1 Å². The highest BCUT2D eigenvalue weighted by atomic mass is 35.5. The number of aromatic nitrogens is 3. The number of hydrogen-bond acceptors (Lipinski definition) is 3. The molecule has 134 valence electrons. The fourth-order valence-electron chi connectivity index (χ4n) is 2.81. The van der Waals surface area contributed by atoms with E-state index in [1.165, 1.54) is 13.0 Å². The standard InChI is InChI=1S/C20H14ClFN4O/c1-12(27)24-15-5-2-13(3-6-15)19-11-23-20-9-8-18(25-26(19)20)14-4-7-17(22)16(21)10-14/h2-11H,1H3,(H,24,27). The molecule has 0 aliphatic carbocycles. The second-order valence-electron chi connectivity index (χ2n) is 6.02. The lowest BCUT2D eigenvalue weighted by Crippen LogP contribution is -2.05. The van der Waals surface area contributed by atoms with Crippen molar-refractivity contribution in [2.24, 2.45) is 0 Å². The Bertz CT molecular complexity index is 1150. The number of carbonyl (C=O) groups is 1. The van der Waals surface area contributed by atoms with E-state index in [2.05, 4.69) is 15.4 Å². The van der Waals surface area contributed by atoms with E-state index in [-0.39, 0.29) is 10.9 Å². The quantitative estimate of drug-likeness (QED) is 0.554. The second kappa shape index (κ2) is 6.81. The molecule has 0 fully saturated rings. The van der Waals surface area contributed by atoms with Crippen LogP contribution in [0.1, 0.15) is 6.92 Å². The SMILES string of the molecule is CC(=O)Nc1ccc(-c2cnc3ccc(-c4ccc(F)c(Cl)c4)nn23)cc1. The molecule has 0 aliphatic rings. The van der Waals surface area contributed by atoms with Crippen LogP contribution >= 0.6 is 11.6 Å². The first-order valence-corrected chi connectivity index (χ1v) is 8.57. The van der Waals surface area contributed by atoms with Gasteiger partial charge in [-0.15, -0.1) is 0 Å². The number of imidazole rings is 1. The summed E-state index contributed by atoms with van der Waals surface area (Å²) in [5, 5.41) is 7.41. The third-order valence-corrected chi connectivity index (χ3v) is 4.37. The smallest absolute Gasteiger partial charge is 0.221 e. The van der Waals surface area contributed by atoms with Gasteiger partial charge in [-0.05, 0) is 42.5 Å². The van der Waals surface area contributed by atoms with Gasteiger partial charge in [0.25, 0.3) is 0 Å². The van der Waals surface area contributed by atoms with Crippen LogP contribution in [0.25, 0.3) is 28.2 Å². The molecule has 0 atom stereocenters. The normalized spacial score (nSPS) is 10.9. The van der Waals surface area contributed by atoms with Crippen LogP contribution in [-0.2, 0) is 4.79 Å². The Morgan fingerprint density at radius 3 is 2.52 bits per heavy atom. The number of amides is 1. The zero-order valence-electron chi connectivity index (χ0n) is 14.3. The van der Waals surface area contributed by atoms with Crippen LogP contribution in [0.2, 0.25) is 5.02 Å². The van der Waals surface area contributed by atoms with Crippen molar-refractivity contribution in [3.05, 3.63) is 71.6 Å². The van der Waals surface area contributed by atoms with Crippen LogP contribution in [-0.4, -0.2) is 20.5 Å². The van der Waals surface area contributed by atoms with Gasteiger partial charge in [-0.25, -0.2) is 13.9 Å². The minimum atomic E-state index is -0.468. The van der Waals surface area contributed by atoms with E-state index < -0.39 is 5.82 Å².